The minimum atomic E-state index is -0.434. The molecule has 3 amide bonds. The van der Waals surface area contributed by atoms with E-state index in [9.17, 15) is 9.59 Å². The van der Waals surface area contributed by atoms with Crippen molar-refractivity contribution in [2.75, 3.05) is 13.1 Å². The van der Waals surface area contributed by atoms with Crippen molar-refractivity contribution in [3.05, 3.63) is 33.3 Å². The van der Waals surface area contributed by atoms with Crippen molar-refractivity contribution < 1.29 is 9.59 Å². The largest absolute Gasteiger partial charge is 0.354 e. The predicted molar refractivity (Wildman–Crippen MR) is 85.4 cm³/mol. The Bertz CT molecular complexity index is 539. The topological polar surface area (TPSA) is 70.2 Å². The van der Waals surface area contributed by atoms with Gasteiger partial charge in [-0.05, 0) is 43.0 Å². The van der Waals surface area contributed by atoms with Gasteiger partial charge in [0.05, 0.1) is 0 Å². The van der Waals surface area contributed by atoms with Crippen LogP contribution in [0.25, 0.3) is 0 Å². The number of piperidine rings is 1. The quantitative estimate of drug-likeness (QED) is 0.756. The van der Waals surface area contributed by atoms with Crippen LogP contribution in [0.5, 0.6) is 0 Å². The summed E-state index contributed by atoms with van der Waals surface area (Å²) in [6, 6.07) is 4.78. The molecule has 0 bridgehead atoms. The number of amides is 3. The molecule has 1 saturated heterocycles. The molecule has 1 atom stereocenters. The summed E-state index contributed by atoms with van der Waals surface area (Å²) in [4.78, 5) is 23.3. The molecule has 7 heteroatoms. The maximum absolute atomic E-state index is 11.8. The van der Waals surface area contributed by atoms with Gasteiger partial charge in [-0.15, -0.1) is 0 Å². The molecular formula is C14H17BrClN3O2. The van der Waals surface area contributed by atoms with Gasteiger partial charge in [0.2, 0.25) is 5.91 Å². The van der Waals surface area contributed by atoms with E-state index in [1.165, 1.54) is 0 Å². The van der Waals surface area contributed by atoms with Gasteiger partial charge in [-0.1, -0.05) is 27.5 Å². The maximum Gasteiger partial charge on any atom is 0.315 e. The Morgan fingerprint density at radius 2 is 2.29 bits per heavy atom. The van der Waals surface area contributed by atoms with Crippen molar-refractivity contribution in [1.82, 2.24) is 16.0 Å². The van der Waals surface area contributed by atoms with Crippen LogP contribution in [0.2, 0.25) is 5.02 Å². The van der Waals surface area contributed by atoms with Crippen LogP contribution in [-0.2, 0) is 11.2 Å². The lowest BCUT2D eigenvalue weighted by atomic mass is 10.1. The van der Waals surface area contributed by atoms with Crippen molar-refractivity contribution in [1.29, 1.82) is 0 Å². The molecular weight excluding hydrogens is 358 g/mol. The van der Waals surface area contributed by atoms with E-state index in [0.717, 1.165) is 16.5 Å². The fourth-order valence-electron chi connectivity index (χ4n) is 2.16. The van der Waals surface area contributed by atoms with Crippen LogP contribution < -0.4 is 16.0 Å². The Hall–Kier alpha value is -1.27. The van der Waals surface area contributed by atoms with Gasteiger partial charge in [-0.2, -0.15) is 0 Å². The molecule has 114 valence electrons. The highest BCUT2D eigenvalue weighted by Gasteiger charge is 2.23. The van der Waals surface area contributed by atoms with Crippen LogP contribution in [0.4, 0.5) is 4.79 Å². The summed E-state index contributed by atoms with van der Waals surface area (Å²) in [7, 11) is 0. The van der Waals surface area contributed by atoms with Crippen LogP contribution in [0.1, 0.15) is 18.4 Å². The molecule has 1 unspecified atom stereocenters. The highest BCUT2D eigenvalue weighted by atomic mass is 79.9. The Morgan fingerprint density at radius 1 is 1.48 bits per heavy atom. The molecule has 1 fully saturated rings. The molecule has 1 aliphatic rings. The van der Waals surface area contributed by atoms with E-state index in [1.54, 1.807) is 6.07 Å². The normalized spacial score (nSPS) is 18.0. The smallest absolute Gasteiger partial charge is 0.315 e. The standard InChI is InChI=1S/C14H17BrClN3O2/c15-11-4-3-10(16)8-9(11)5-7-18-14(21)19-12-2-1-6-17-13(12)20/h3-4,8,12H,1-2,5-7H2,(H,17,20)(H2,18,19,21). The first kappa shape index (κ1) is 16.1. The van der Waals surface area contributed by atoms with Crippen LogP contribution in [0, 0.1) is 0 Å². The van der Waals surface area contributed by atoms with Gasteiger partial charge in [-0.3, -0.25) is 4.79 Å². The lowest BCUT2D eigenvalue weighted by Crippen LogP contribution is -2.52. The maximum atomic E-state index is 11.8. The van der Waals surface area contributed by atoms with Crippen molar-refractivity contribution in [3.8, 4) is 0 Å². The van der Waals surface area contributed by atoms with E-state index in [2.05, 4.69) is 31.9 Å². The van der Waals surface area contributed by atoms with Crippen LogP contribution >= 0.6 is 27.5 Å². The van der Waals surface area contributed by atoms with Gasteiger partial charge in [0.15, 0.2) is 0 Å². The highest BCUT2D eigenvalue weighted by Crippen LogP contribution is 2.21. The molecule has 5 nitrogen and oxygen atoms in total. The number of rotatable bonds is 4. The number of hydrogen-bond acceptors (Lipinski definition) is 2. The van der Waals surface area contributed by atoms with E-state index in [1.807, 2.05) is 12.1 Å². The van der Waals surface area contributed by atoms with Gasteiger partial charge in [0.1, 0.15) is 6.04 Å². The molecule has 0 spiro atoms. The average molecular weight is 375 g/mol. The molecule has 21 heavy (non-hydrogen) atoms. The Balaban J connectivity index is 1.76. The van der Waals surface area contributed by atoms with Gasteiger partial charge >= 0.3 is 6.03 Å². The SMILES string of the molecule is O=C(NCCc1cc(Cl)ccc1Br)NC1CCCNC1=O. The summed E-state index contributed by atoms with van der Waals surface area (Å²) < 4.78 is 0.959. The van der Waals surface area contributed by atoms with E-state index in [-0.39, 0.29) is 11.9 Å². The third-order valence-electron chi connectivity index (χ3n) is 3.28. The minimum absolute atomic E-state index is 0.117. The zero-order valence-electron chi connectivity index (χ0n) is 11.4. The number of hydrogen-bond donors (Lipinski definition) is 3. The molecule has 1 aromatic rings. The minimum Gasteiger partial charge on any atom is -0.354 e. The fraction of sp³-hybridized carbons (Fsp3) is 0.429. The molecule has 2 rings (SSSR count). The number of carbonyl (C=O) groups is 2. The zero-order valence-corrected chi connectivity index (χ0v) is 13.8. The monoisotopic (exact) mass is 373 g/mol. The summed E-state index contributed by atoms with van der Waals surface area (Å²) in [5.74, 6) is -0.117. The lowest BCUT2D eigenvalue weighted by molar-refractivity contribution is -0.124. The van der Waals surface area contributed by atoms with E-state index in [4.69, 9.17) is 11.6 Å². The Kier molecular flexibility index (Phi) is 5.87. The number of benzene rings is 1. The molecule has 0 aliphatic carbocycles. The van der Waals surface area contributed by atoms with Crippen molar-refractivity contribution in [3.63, 3.8) is 0 Å². The first-order chi connectivity index (χ1) is 10.1. The van der Waals surface area contributed by atoms with E-state index >= 15 is 0 Å². The molecule has 0 radical (unpaired) electrons. The highest BCUT2D eigenvalue weighted by molar-refractivity contribution is 9.10. The summed E-state index contributed by atoms with van der Waals surface area (Å²) in [6.07, 6.45) is 2.22. The van der Waals surface area contributed by atoms with Crippen molar-refractivity contribution in [2.45, 2.75) is 25.3 Å². The fourth-order valence-corrected chi connectivity index (χ4v) is 2.80. The molecule has 1 heterocycles. The van der Waals surface area contributed by atoms with Crippen molar-refractivity contribution in [2.24, 2.45) is 0 Å². The first-order valence-corrected chi connectivity index (χ1v) is 7.99. The lowest BCUT2D eigenvalue weighted by Gasteiger charge is -2.22. The van der Waals surface area contributed by atoms with Gasteiger partial charge in [0.25, 0.3) is 0 Å². The van der Waals surface area contributed by atoms with Crippen LogP contribution in [0.3, 0.4) is 0 Å². The molecule has 0 saturated carbocycles. The molecule has 1 aliphatic heterocycles. The van der Waals surface area contributed by atoms with Crippen LogP contribution in [0.15, 0.2) is 22.7 Å². The second kappa shape index (κ2) is 7.66. The number of nitrogens with one attached hydrogen (secondary N) is 3. The van der Waals surface area contributed by atoms with Gasteiger partial charge in [-0.25, -0.2) is 4.79 Å². The van der Waals surface area contributed by atoms with E-state index < -0.39 is 6.04 Å². The Morgan fingerprint density at radius 3 is 3.05 bits per heavy atom. The zero-order chi connectivity index (χ0) is 15.2. The summed E-state index contributed by atoms with van der Waals surface area (Å²) in [5.41, 5.74) is 1.03. The third kappa shape index (κ3) is 4.89. The second-order valence-corrected chi connectivity index (χ2v) is 6.16. The van der Waals surface area contributed by atoms with Crippen LogP contribution in [-0.4, -0.2) is 31.1 Å². The predicted octanol–water partition coefficient (Wildman–Crippen LogP) is 2.22. The summed E-state index contributed by atoms with van der Waals surface area (Å²) >= 11 is 9.38. The van der Waals surface area contributed by atoms with E-state index in [0.29, 0.717) is 31.0 Å². The average Bonchev–Trinajstić information content (AvgIpc) is 2.45. The molecule has 1 aromatic carbocycles. The van der Waals surface area contributed by atoms with Gasteiger partial charge < -0.3 is 16.0 Å². The van der Waals surface area contributed by atoms with Gasteiger partial charge in [0, 0.05) is 22.6 Å². The molecule has 3 N–H and O–H groups in total. The number of halogens is 2. The molecule has 0 aromatic heterocycles. The van der Waals surface area contributed by atoms with Crippen molar-refractivity contribution >= 4 is 39.5 Å². The first-order valence-electron chi connectivity index (χ1n) is 6.82. The number of carbonyl (C=O) groups excluding carboxylic acids is 2. The Labute approximate surface area is 136 Å². The summed E-state index contributed by atoms with van der Waals surface area (Å²) in [5, 5.41) is 8.83. The third-order valence-corrected chi connectivity index (χ3v) is 4.29. The summed E-state index contributed by atoms with van der Waals surface area (Å²) in [6.45, 7) is 1.15. The second-order valence-electron chi connectivity index (χ2n) is 4.87. The number of urea groups is 1.